The van der Waals surface area contributed by atoms with Gasteiger partial charge < -0.3 is 10.2 Å². The van der Waals surface area contributed by atoms with Gasteiger partial charge in [-0.25, -0.2) is 9.78 Å². The topological polar surface area (TPSA) is 80.8 Å². The summed E-state index contributed by atoms with van der Waals surface area (Å²) in [7, 11) is 0. The highest BCUT2D eigenvalue weighted by Crippen LogP contribution is 2.19. The lowest BCUT2D eigenvalue weighted by molar-refractivity contribution is -0.121. The average molecular weight is 403 g/mol. The van der Waals surface area contributed by atoms with E-state index in [-0.39, 0.29) is 5.91 Å². The number of pyridine rings is 1. The monoisotopic (exact) mass is 402 g/mol. The van der Waals surface area contributed by atoms with Crippen LogP contribution < -0.4 is 15.5 Å². The summed E-state index contributed by atoms with van der Waals surface area (Å²) in [6, 6.07) is 5.67. The summed E-state index contributed by atoms with van der Waals surface area (Å²) in [6.45, 7) is 9.88. The van der Waals surface area contributed by atoms with Gasteiger partial charge in [0, 0.05) is 52.0 Å². The predicted molar refractivity (Wildman–Crippen MR) is 114 cm³/mol. The van der Waals surface area contributed by atoms with E-state index in [0.717, 1.165) is 64.5 Å². The summed E-state index contributed by atoms with van der Waals surface area (Å²) in [5, 5.41) is 5.10. The van der Waals surface area contributed by atoms with Gasteiger partial charge in [0.15, 0.2) is 0 Å². The number of aromatic nitrogens is 1. The van der Waals surface area contributed by atoms with Crippen molar-refractivity contribution in [3.63, 3.8) is 0 Å². The van der Waals surface area contributed by atoms with E-state index in [0.29, 0.717) is 19.0 Å². The van der Waals surface area contributed by atoms with Crippen LogP contribution in [0.15, 0.2) is 24.4 Å². The van der Waals surface area contributed by atoms with Crippen molar-refractivity contribution in [3.8, 4) is 0 Å². The number of piperidine rings is 1. The molecule has 0 spiro atoms. The molecule has 8 heteroatoms. The third-order valence-corrected chi connectivity index (χ3v) is 5.62. The number of amides is 3. The highest BCUT2D eigenvalue weighted by molar-refractivity contribution is 5.95. The zero-order valence-electron chi connectivity index (χ0n) is 17.5. The molecule has 1 aromatic heterocycles. The summed E-state index contributed by atoms with van der Waals surface area (Å²) in [4.78, 5) is 35.3. The Morgan fingerprint density at radius 2 is 1.97 bits per heavy atom. The first-order valence-electron chi connectivity index (χ1n) is 10.8. The molecule has 1 atom stereocenters. The van der Waals surface area contributed by atoms with E-state index >= 15 is 0 Å². The van der Waals surface area contributed by atoms with Crippen LogP contribution in [-0.2, 0) is 4.79 Å². The second-order valence-corrected chi connectivity index (χ2v) is 8.02. The molecule has 0 aliphatic carbocycles. The minimum atomic E-state index is -0.392. The maximum atomic E-state index is 12.1. The Balaban J connectivity index is 1.38. The first-order chi connectivity index (χ1) is 14.1. The minimum absolute atomic E-state index is 0.219. The summed E-state index contributed by atoms with van der Waals surface area (Å²) in [5.41, 5.74) is 0. The van der Waals surface area contributed by atoms with Gasteiger partial charge in [-0.2, -0.15) is 0 Å². The molecule has 0 radical (unpaired) electrons. The Labute approximate surface area is 173 Å². The van der Waals surface area contributed by atoms with Crippen molar-refractivity contribution in [1.82, 2.24) is 25.4 Å². The first kappa shape index (κ1) is 21.5. The molecule has 3 heterocycles. The SMILES string of the molecule is CCCNC(=O)NC(=O)CN1CCCC(CN2CCN(c3ccccn3)CC2)C1. The van der Waals surface area contributed by atoms with Crippen LogP contribution in [0.25, 0.3) is 0 Å². The van der Waals surface area contributed by atoms with E-state index in [2.05, 4.69) is 36.4 Å². The molecular formula is C21H34N6O2. The fourth-order valence-electron chi connectivity index (χ4n) is 4.16. The highest BCUT2D eigenvalue weighted by atomic mass is 16.2. The largest absolute Gasteiger partial charge is 0.354 e. The third-order valence-electron chi connectivity index (χ3n) is 5.62. The average Bonchev–Trinajstić information content (AvgIpc) is 2.73. The van der Waals surface area contributed by atoms with Crippen molar-refractivity contribution >= 4 is 17.8 Å². The Kier molecular flexibility index (Phi) is 8.25. The molecule has 2 aliphatic rings. The van der Waals surface area contributed by atoms with Crippen molar-refractivity contribution in [1.29, 1.82) is 0 Å². The quantitative estimate of drug-likeness (QED) is 0.712. The first-order valence-corrected chi connectivity index (χ1v) is 10.8. The number of piperazine rings is 1. The van der Waals surface area contributed by atoms with Crippen LogP contribution in [0.3, 0.4) is 0 Å². The van der Waals surface area contributed by atoms with Crippen LogP contribution in [0, 0.1) is 5.92 Å². The van der Waals surface area contributed by atoms with Gasteiger partial charge in [-0.15, -0.1) is 0 Å². The molecule has 0 saturated carbocycles. The van der Waals surface area contributed by atoms with Gasteiger partial charge in [0.2, 0.25) is 5.91 Å². The number of carbonyl (C=O) groups is 2. The van der Waals surface area contributed by atoms with E-state index < -0.39 is 6.03 Å². The molecule has 160 valence electrons. The summed E-state index contributed by atoms with van der Waals surface area (Å²) in [5.74, 6) is 1.42. The second-order valence-electron chi connectivity index (χ2n) is 8.02. The maximum Gasteiger partial charge on any atom is 0.321 e. The van der Waals surface area contributed by atoms with Crippen molar-refractivity contribution < 1.29 is 9.59 Å². The number of nitrogens with zero attached hydrogens (tertiary/aromatic N) is 4. The fourth-order valence-corrected chi connectivity index (χ4v) is 4.16. The number of carbonyl (C=O) groups excluding carboxylic acids is 2. The van der Waals surface area contributed by atoms with E-state index in [4.69, 9.17) is 0 Å². The van der Waals surface area contributed by atoms with Crippen LogP contribution in [-0.4, -0.2) is 85.6 Å². The molecule has 2 N–H and O–H groups in total. The van der Waals surface area contributed by atoms with Gasteiger partial charge in [0.1, 0.15) is 5.82 Å². The van der Waals surface area contributed by atoms with E-state index in [1.165, 1.54) is 6.42 Å². The lowest BCUT2D eigenvalue weighted by Gasteiger charge is -2.39. The number of rotatable bonds is 7. The van der Waals surface area contributed by atoms with Crippen LogP contribution in [0.5, 0.6) is 0 Å². The highest BCUT2D eigenvalue weighted by Gasteiger charge is 2.26. The third kappa shape index (κ3) is 6.97. The molecule has 1 unspecified atom stereocenters. The molecule has 0 aromatic carbocycles. The van der Waals surface area contributed by atoms with Gasteiger partial charge in [0.25, 0.3) is 0 Å². The molecule has 3 amide bonds. The summed E-state index contributed by atoms with van der Waals surface area (Å²) >= 11 is 0. The van der Waals surface area contributed by atoms with Crippen LogP contribution in [0.2, 0.25) is 0 Å². The fraction of sp³-hybridized carbons (Fsp3) is 0.667. The molecule has 2 aliphatic heterocycles. The Morgan fingerprint density at radius 1 is 1.14 bits per heavy atom. The van der Waals surface area contributed by atoms with Gasteiger partial charge in [-0.1, -0.05) is 13.0 Å². The molecule has 0 bridgehead atoms. The Morgan fingerprint density at radius 3 is 2.69 bits per heavy atom. The number of hydrogen-bond donors (Lipinski definition) is 2. The zero-order valence-corrected chi connectivity index (χ0v) is 17.5. The van der Waals surface area contributed by atoms with Crippen molar-refractivity contribution in [3.05, 3.63) is 24.4 Å². The number of urea groups is 1. The molecular weight excluding hydrogens is 368 g/mol. The number of hydrogen-bond acceptors (Lipinski definition) is 6. The Bertz CT molecular complexity index is 648. The summed E-state index contributed by atoms with van der Waals surface area (Å²) < 4.78 is 0. The smallest absolute Gasteiger partial charge is 0.321 e. The van der Waals surface area contributed by atoms with Crippen LogP contribution in [0.1, 0.15) is 26.2 Å². The van der Waals surface area contributed by atoms with E-state index in [1.54, 1.807) is 0 Å². The number of nitrogens with one attached hydrogen (secondary N) is 2. The number of imide groups is 1. The van der Waals surface area contributed by atoms with E-state index in [1.807, 2.05) is 25.3 Å². The zero-order chi connectivity index (χ0) is 20.5. The molecule has 2 fully saturated rings. The number of anilines is 1. The van der Waals surface area contributed by atoms with Gasteiger partial charge in [-0.3, -0.25) is 19.9 Å². The predicted octanol–water partition coefficient (Wildman–Crippen LogP) is 1.15. The van der Waals surface area contributed by atoms with Crippen molar-refractivity contribution in [2.24, 2.45) is 5.92 Å². The lowest BCUT2D eigenvalue weighted by atomic mass is 9.97. The van der Waals surface area contributed by atoms with E-state index in [9.17, 15) is 9.59 Å². The van der Waals surface area contributed by atoms with Crippen LogP contribution in [0.4, 0.5) is 10.6 Å². The molecule has 3 rings (SSSR count). The molecule has 8 nitrogen and oxygen atoms in total. The second kappa shape index (κ2) is 11.1. The summed E-state index contributed by atoms with van der Waals surface area (Å²) in [6.07, 6.45) is 5.01. The van der Waals surface area contributed by atoms with Gasteiger partial charge in [0.05, 0.1) is 6.54 Å². The normalized spacial score (nSPS) is 21.0. The van der Waals surface area contributed by atoms with Gasteiger partial charge >= 0.3 is 6.03 Å². The molecule has 2 saturated heterocycles. The Hall–Kier alpha value is -2.19. The maximum absolute atomic E-state index is 12.1. The van der Waals surface area contributed by atoms with Crippen LogP contribution >= 0.6 is 0 Å². The number of likely N-dealkylation sites (tertiary alicyclic amines) is 1. The lowest BCUT2D eigenvalue weighted by Crippen LogP contribution is -2.51. The molecule has 29 heavy (non-hydrogen) atoms. The minimum Gasteiger partial charge on any atom is -0.354 e. The standard InChI is InChI=1S/C21H34N6O2/c1-2-8-23-21(29)24-20(28)17-26-10-5-6-18(16-26)15-25-11-13-27(14-12-25)19-7-3-4-9-22-19/h3-4,7,9,18H,2,5-6,8,10-17H2,1H3,(H2,23,24,28,29). The van der Waals surface area contributed by atoms with Crippen molar-refractivity contribution in [2.45, 2.75) is 26.2 Å². The molecule has 1 aromatic rings. The van der Waals surface area contributed by atoms with Crippen molar-refractivity contribution in [2.75, 3.05) is 63.8 Å². The van der Waals surface area contributed by atoms with Gasteiger partial charge in [-0.05, 0) is 43.9 Å².